The summed E-state index contributed by atoms with van der Waals surface area (Å²) in [5.41, 5.74) is 0. The first-order valence-electron chi connectivity index (χ1n) is 43.6. The van der Waals surface area contributed by atoms with Gasteiger partial charge >= 0.3 is 39.5 Å². The van der Waals surface area contributed by atoms with Crippen molar-refractivity contribution in [2.24, 2.45) is 5.92 Å². The Labute approximate surface area is 632 Å². The van der Waals surface area contributed by atoms with Gasteiger partial charge in [-0.2, -0.15) is 0 Å². The predicted molar refractivity (Wildman–Crippen MR) is 423 cm³/mol. The lowest BCUT2D eigenvalue weighted by molar-refractivity contribution is -0.161. The van der Waals surface area contributed by atoms with Crippen LogP contribution in [0.25, 0.3) is 0 Å². The number of carbonyl (C=O) groups excluding carboxylic acids is 4. The fourth-order valence-electron chi connectivity index (χ4n) is 13.1. The van der Waals surface area contributed by atoms with Gasteiger partial charge in [-0.15, -0.1) is 0 Å². The third-order valence-electron chi connectivity index (χ3n) is 19.8. The summed E-state index contributed by atoms with van der Waals surface area (Å²) in [6.45, 7) is 7.27. The molecule has 19 heteroatoms. The number of hydrogen-bond acceptors (Lipinski definition) is 15. The van der Waals surface area contributed by atoms with Crippen LogP contribution in [-0.4, -0.2) is 96.7 Å². The summed E-state index contributed by atoms with van der Waals surface area (Å²) < 4.78 is 68.8. The first-order chi connectivity index (χ1) is 50.0. The van der Waals surface area contributed by atoms with Crippen molar-refractivity contribution in [2.75, 3.05) is 39.6 Å². The Morgan fingerprint density at radius 2 is 0.447 bits per heavy atom. The number of esters is 4. The van der Waals surface area contributed by atoms with Crippen LogP contribution in [0.3, 0.4) is 0 Å². The monoisotopic (exact) mass is 1510 g/mol. The van der Waals surface area contributed by atoms with Crippen molar-refractivity contribution in [1.82, 2.24) is 0 Å². The van der Waals surface area contributed by atoms with Crippen LogP contribution in [0.2, 0.25) is 0 Å². The van der Waals surface area contributed by atoms with Crippen LogP contribution in [0.5, 0.6) is 0 Å². The second-order valence-electron chi connectivity index (χ2n) is 30.7. The molecule has 0 aromatic rings. The summed E-state index contributed by atoms with van der Waals surface area (Å²) in [6, 6.07) is 0. The van der Waals surface area contributed by atoms with Crippen molar-refractivity contribution in [3.8, 4) is 0 Å². The lowest BCUT2D eigenvalue weighted by Crippen LogP contribution is -2.30. The molecule has 0 bridgehead atoms. The third-order valence-corrected chi connectivity index (χ3v) is 21.7. The fraction of sp³-hybridized carbons (Fsp3) is 0.952. The highest BCUT2D eigenvalue weighted by atomic mass is 31.2. The van der Waals surface area contributed by atoms with Gasteiger partial charge in [0.2, 0.25) is 0 Å². The van der Waals surface area contributed by atoms with Crippen molar-refractivity contribution in [1.29, 1.82) is 0 Å². The number of phosphoric acid groups is 2. The van der Waals surface area contributed by atoms with Crippen LogP contribution in [0.1, 0.15) is 452 Å². The minimum absolute atomic E-state index is 0.108. The standard InChI is InChI=1S/C84H164O17P2/c1-6-9-12-15-18-21-24-27-30-33-36-39-42-45-48-51-57-62-67-81(86)94-73-79(100-83(88)69-64-59-52-49-46-43-40-37-34-31-28-25-22-19-16-13-10-7-2)75-98-102(90,91)96-71-78(85)72-97-103(92,93)99-76-80(74-95-82(87)68-63-58-55-54-56-61-66-77(4)5)101-84(89)70-65-60-53-50-47-44-41-38-35-32-29-26-23-20-17-14-11-8-3/h77-80,85H,6-76H2,1-5H3,(H,90,91)(H,92,93)/t78-,79-,80-/m1/s1. The Kier molecular flexibility index (Phi) is 75.4. The zero-order chi connectivity index (χ0) is 75.5. The minimum atomic E-state index is -4.96. The van der Waals surface area contributed by atoms with E-state index >= 15 is 0 Å². The van der Waals surface area contributed by atoms with E-state index in [9.17, 15) is 43.2 Å². The topological polar surface area (TPSA) is 237 Å². The number of phosphoric ester groups is 2. The first kappa shape index (κ1) is 101. The first-order valence-corrected chi connectivity index (χ1v) is 46.6. The molecule has 0 radical (unpaired) electrons. The van der Waals surface area contributed by atoms with Crippen LogP contribution in [0.15, 0.2) is 0 Å². The second-order valence-corrected chi connectivity index (χ2v) is 33.6. The highest BCUT2D eigenvalue weighted by Crippen LogP contribution is 2.45. The minimum Gasteiger partial charge on any atom is -0.462 e. The molecule has 0 fully saturated rings. The maximum atomic E-state index is 13.1. The van der Waals surface area contributed by atoms with Gasteiger partial charge in [0.1, 0.15) is 19.3 Å². The van der Waals surface area contributed by atoms with Gasteiger partial charge in [0.15, 0.2) is 12.2 Å². The summed E-state index contributed by atoms with van der Waals surface area (Å²) in [4.78, 5) is 73.1. The lowest BCUT2D eigenvalue weighted by Gasteiger charge is -2.21. The predicted octanol–water partition coefficient (Wildman–Crippen LogP) is 25.6. The van der Waals surface area contributed by atoms with Crippen LogP contribution in [-0.2, 0) is 65.4 Å². The normalized spacial score (nSPS) is 13.8. The highest BCUT2D eigenvalue weighted by molar-refractivity contribution is 7.47. The Morgan fingerprint density at radius 3 is 0.660 bits per heavy atom. The number of unbranched alkanes of at least 4 members (excludes halogenated alkanes) is 56. The molecule has 17 nitrogen and oxygen atoms in total. The van der Waals surface area contributed by atoms with Crippen molar-refractivity contribution in [2.45, 2.75) is 470 Å². The largest absolute Gasteiger partial charge is 0.472 e. The number of hydrogen-bond donors (Lipinski definition) is 3. The van der Waals surface area contributed by atoms with Crippen LogP contribution in [0, 0.1) is 5.92 Å². The Morgan fingerprint density at radius 1 is 0.262 bits per heavy atom. The summed E-state index contributed by atoms with van der Waals surface area (Å²) in [5.74, 6) is -1.42. The number of aliphatic hydroxyl groups excluding tert-OH is 1. The van der Waals surface area contributed by atoms with Crippen LogP contribution < -0.4 is 0 Å². The molecule has 0 aliphatic rings. The van der Waals surface area contributed by atoms with Crippen molar-refractivity contribution < 1.29 is 80.2 Å². The van der Waals surface area contributed by atoms with Gasteiger partial charge in [0.05, 0.1) is 26.4 Å². The van der Waals surface area contributed by atoms with Crippen molar-refractivity contribution in [3.63, 3.8) is 0 Å². The van der Waals surface area contributed by atoms with E-state index in [0.717, 1.165) is 96.3 Å². The van der Waals surface area contributed by atoms with E-state index in [1.807, 2.05) is 0 Å². The molecule has 0 saturated heterocycles. The highest BCUT2D eigenvalue weighted by Gasteiger charge is 2.30. The Balaban J connectivity index is 5.21. The van der Waals surface area contributed by atoms with E-state index in [1.54, 1.807) is 0 Å². The molecule has 2 unspecified atom stereocenters. The van der Waals surface area contributed by atoms with E-state index in [-0.39, 0.29) is 25.7 Å². The molecule has 0 aliphatic heterocycles. The van der Waals surface area contributed by atoms with Gasteiger partial charge in [-0.3, -0.25) is 37.3 Å². The molecule has 0 heterocycles. The Hall–Kier alpha value is -1.94. The number of rotatable bonds is 84. The molecule has 0 saturated carbocycles. The van der Waals surface area contributed by atoms with E-state index in [4.69, 9.17) is 37.0 Å². The van der Waals surface area contributed by atoms with E-state index in [1.165, 1.54) is 270 Å². The van der Waals surface area contributed by atoms with Gasteiger partial charge in [0.25, 0.3) is 0 Å². The molecule has 0 aromatic carbocycles. The van der Waals surface area contributed by atoms with Crippen molar-refractivity contribution >= 4 is 39.5 Å². The quantitative estimate of drug-likeness (QED) is 0.0222. The smallest absolute Gasteiger partial charge is 0.462 e. The summed E-state index contributed by atoms with van der Waals surface area (Å²) >= 11 is 0. The fourth-order valence-corrected chi connectivity index (χ4v) is 14.7. The summed E-state index contributed by atoms with van der Waals surface area (Å²) in [7, 11) is -9.92. The molecule has 0 aliphatic carbocycles. The average molecular weight is 1510 g/mol. The van der Waals surface area contributed by atoms with E-state index < -0.39 is 97.5 Å². The van der Waals surface area contributed by atoms with Gasteiger partial charge in [0, 0.05) is 25.7 Å². The molecule has 0 rings (SSSR count). The lowest BCUT2D eigenvalue weighted by atomic mass is 10.0. The zero-order valence-corrected chi connectivity index (χ0v) is 69.3. The molecule has 3 N–H and O–H groups in total. The molecule has 0 amide bonds. The van der Waals surface area contributed by atoms with Gasteiger partial charge in [-0.1, -0.05) is 401 Å². The maximum absolute atomic E-state index is 13.1. The Bertz CT molecular complexity index is 1960. The molecule has 0 aromatic heterocycles. The number of carbonyl (C=O) groups is 4. The van der Waals surface area contributed by atoms with Gasteiger partial charge in [-0.25, -0.2) is 9.13 Å². The molecule has 5 atom stereocenters. The van der Waals surface area contributed by atoms with Crippen LogP contribution >= 0.6 is 15.6 Å². The van der Waals surface area contributed by atoms with Crippen molar-refractivity contribution in [3.05, 3.63) is 0 Å². The molecule has 0 spiro atoms. The maximum Gasteiger partial charge on any atom is 0.472 e. The van der Waals surface area contributed by atoms with E-state index in [2.05, 4.69) is 34.6 Å². The van der Waals surface area contributed by atoms with E-state index in [0.29, 0.717) is 31.6 Å². The zero-order valence-electron chi connectivity index (χ0n) is 67.5. The molecular formula is C84H164O17P2. The third kappa shape index (κ3) is 78.0. The summed E-state index contributed by atoms with van der Waals surface area (Å²) in [5, 5.41) is 10.7. The van der Waals surface area contributed by atoms with Crippen LogP contribution in [0.4, 0.5) is 0 Å². The summed E-state index contributed by atoms with van der Waals surface area (Å²) in [6.07, 6.45) is 69.6. The average Bonchev–Trinajstić information content (AvgIpc) is 0.980. The SMILES string of the molecule is CCCCCCCCCCCCCCCCCCCCC(=O)OC[C@H](COP(=O)(O)OC[C@@H](O)COP(=O)(O)OC[C@@H](COC(=O)CCCCCCCCC(C)C)OC(=O)CCCCCCCCCCCCCCCCCCCC)OC(=O)CCCCCCCCCCCCCCCCCCCC. The molecule has 103 heavy (non-hydrogen) atoms. The second kappa shape index (κ2) is 76.8. The molecule has 612 valence electrons. The van der Waals surface area contributed by atoms with Gasteiger partial charge in [-0.05, 0) is 31.6 Å². The molecular weight excluding hydrogens is 1340 g/mol. The van der Waals surface area contributed by atoms with Gasteiger partial charge < -0.3 is 33.8 Å². The number of aliphatic hydroxyl groups is 1. The number of ether oxygens (including phenoxy) is 4.